The number of hydrogen-bond acceptors (Lipinski definition) is 1. The maximum absolute atomic E-state index is 11.8. The van der Waals surface area contributed by atoms with Crippen LogP contribution in [0.4, 0.5) is 0 Å². The second-order valence-corrected chi connectivity index (χ2v) is 5.33. The minimum atomic E-state index is 0.0971. The van der Waals surface area contributed by atoms with Crippen LogP contribution < -0.4 is 0 Å². The number of rotatable bonds is 2. The standard InChI is InChI=1S/C11H20ClNO/c1-8(2)10(14)13-5-9(3)11(4,6-12)7-13/h8-9H,5-7H2,1-4H3. The summed E-state index contributed by atoms with van der Waals surface area (Å²) in [6.45, 7) is 9.91. The van der Waals surface area contributed by atoms with Crippen molar-refractivity contribution >= 4 is 17.5 Å². The molecule has 1 amide bonds. The molecular formula is C11H20ClNO. The van der Waals surface area contributed by atoms with Gasteiger partial charge in [0.1, 0.15) is 0 Å². The fourth-order valence-corrected chi connectivity index (χ4v) is 2.26. The van der Waals surface area contributed by atoms with Crippen LogP contribution in [0.1, 0.15) is 27.7 Å². The third-order valence-corrected chi connectivity index (χ3v) is 3.96. The Labute approximate surface area is 91.6 Å². The van der Waals surface area contributed by atoms with Gasteiger partial charge in [-0.3, -0.25) is 4.79 Å². The first-order chi connectivity index (χ1) is 6.40. The molecule has 0 bridgehead atoms. The Morgan fingerprint density at radius 2 is 2.21 bits per heavy atom. The van der Waals surface area contributed by atoms with Crippen molar-refractivity contribution < 1.29 is 4.79 Å². The van der Waals surface area contributed by atoms with Crippen molar-refractivity contribution in [3.05, 3.63) is 0 Å². The summed E-state index contributed by atoms with van der Waals surface area (Å²) in [4.78, 5) is 13.7. The summed E-state index contributed by atoms with van der Waals surface area (Å²) in [5.41, 5.74) is 0.103. The lowest BCUT2D eigenvalue weighted by Gasteiger charge is -2.25. The molecule has 1 rings (SSSR count). The lowest BCUT2D eigenvalue weighted by atomic mass is 9.83. The van der Waals surface area contributed by atoms with E-state index in [4.69, 9.17) is 11.6 Å². The normalized spacial score (nSPS) is 32.7. The Morgan fingerprint density at radius 1 is 1.64 bits per heavy atom. The maximum Gasteiger partial charge on any atom is 0.225 e. The van der Waals surface area contributed by atoms with Crippen LogP contribution in [0.3, 0.4) is 0 Å². The molecule has 1 saturated heterocycles. The van der Waals surface area contributed by atoms with E-state index in [1.165, 1.54) is 0 Å². The van der Waals surface area contributed by atoms with Gasteiger partial charge in [0.2, 0.25) is 5.91 Å². The fourth-order valence-electron chi connectivity index (χ4n) is 1.91. The molecule has 0 aromatic heterocycles. The number of alkyl halides is 1. The quantitative estimate of drug-likeness (QED) is 0.651. The van der Waals surface area contributed by atoms with Gasteiger partial charge in [0.15, 0.2) is 0 Å². The molecular weight excluding hydrogens is 198 g/mol. The number of carbonyl (C=O) groups is 1. The van der Waals surface area contributed by atoms with E-state index in [9.17, 15) is 4.79 Å². The van der Waals surface area contributed by atoms with E-state index < -0.39 is 0 Å². The van der Waals surface area contributed by atoms with Crippen LogP contribution in [0.25, 0.3) is 0 Å². The monoisotopic (exact) mass is 217 g/mol. The van der Waals surface area contributed by atoms with Crippen LogP contribution in [-0.2, 0) is 4.79 Å². The Hall–Kier alpha value is -0.240. The highest BCUT2D eigenvalue weighted by Gasteiger charge is 2.41. The Balaban J connectivity index is 2.68. The van der Waals surface area contributed by atoms with Crippen LogP contribution in [0.15, 0.2) is 0 Å². The molecule has 14 heavy (non-hydrogen) atoms. The second kappa shape index (κ2) is 4.09. The molecule has 3 heteroatoms. The van der Waals surface area contributed by atoms with Crippen molar-refractivity contribution in [3.63, 3.8) is 0 Å². The molecule has 1 aliphatic heterocycles. The third kappa shape index (κ3) is 2.05. The van der Waals surface area contributed by atoms with Gasteiger partial charge < -0.3 is 4.90 Å². The average Bonchev–Trinajstić information content (AvgIpc) is 2.43. The first kappa shape index (κ1) is 11.8. The predicted molar refractivity (Wildman–Crippen MR) is 59.4 cm³/mol. The lowest BCUT2D eigenvalue weighted by molar-refractivity contribution is -0.133. The first-order valence-corrected chi connectivity index (χ1v) is 5.79. The molecule has 0 spiro atoms. The molecule has 2 atom stereocenters. The molecule has 1 fully saturated rings. The van der Waals surface area contributed by atoms with E-state index in [2.05, 4.69) is 13.8 Å². The van der Waals surface area contributed by atoms with Crippen molar-refractivity contribution in [3.8, 4) is 0 Å². The zero-order chi connectivity index (χ0) is 10.9. The van der Waals surface area contributed by atoms with Gasteiger partial charge in [-0.15, -0.1) is 11.6 Å². The minimum absolute atomic E-state index is 0.0971. The van der Waals surface area contributed by atoms with Crippen LogP contribution in [0.5, 0.6) is 0 Å². The van der Waals surface area contributed by atoms with Gasteiger partial charge in [-0.2, -0.15) is 0 Å². The average molecular weight is 218 g/mol. The third-order valence-electron chi connectivity index (χ3n) is 3.35. The molecule has 0 saturated carbocycles. The van der Waals surface area contributed by atoms with Gasteiger partial charge in [0.05, 0.1) is 0 Å². The summed E-state index contributed by atoms with van der Waals surface area (Å²) in [5, 5.41) is 0. The number of halogens is 1. The van der Waals surface area contributed by atoms with Crippen molar-refractivity contribution in [2.75, 3.05) is 19.0 Å². The van der Waals surface area contributed by atoms with Gasteiger partial charge in [-0.25, -0.2) is 0 Å². The highest BCUT2D eigenvalue weighted by Crippen LogP contribution is 2.36. The number of hydrogen-bond donors (Lipinski definition) is 0. The first-order valence-electron chi connectivity index (χ1n) is 5.25. The number of nitrogens with zero attached hydrogens (tertiary/aromatic N) is 1. The Bertz CT molecular complexity index is 229. The van der Waals surface area contributed by atoms with Crippen molar-refractivity contribution in [1.82, 2.24) is 4.90 Å². The second-order valence-electron chi connectivity index (χ2n) is 5.06. The van der Waals surface area contributed by atoms with Crippen LogP contribution in [-0.4, -0.2) is 29.8 Å². The summed E-state index contributed by atoms with van der Waals surface area (Å²) < 4.78 is 0. The van der Waals surface area contributed by atoms with E-state index in [1.807, 2.05) is 18.7 Å². The van der Waals surface area contributed by atoms with Crippen molar-refractivity contribution in [2.45, 2.75) is 27.7 Å². The largest absolute Gasteiger partial charge is 0.342 e. The van der Waals surface area contributed by atoms with Gasteiger partial charge in [0, 0.05) is 30.3 Å². The highest BCUT2D eigenvalue weighted by atomic mass is 35.5. The van der Waals surface area contributed by atoms with Crippen LogP contribution in [0.2, 0.25) is 0 Å². The zero-order valence-electron chi connectivity index (χ0n) is 9.51. The summed E-state index contributed by atoms with van der Waals surface area (Å²) in [6.07, 6.45) is 0. The zero-order valence-corrected chi connectivity index (χ0v) is 10.3. The summed E-state index contributed by atoms with van der Waals surface area (Å²) >= 11 is 5.96. The van der Waals surface area contributed by atoms with Crippen LogP contribution in [0, 0.1) is 17.3 Å². The van der Waals surface area contributed by atoms with E-state index in [0.29, 0.717) is 11.8 Å². The summed E-state index contributed by atoms with van der Waals surface area (Å²) in [5.74, 6) is 1.49. The minimum Gasteiger partial charge on any atom is -0.342 e. The van der Waals surface area contributed by atoms with E-state index >= 15 is 0 Å². The SMILES string of the molecule is CC(C)C(=O)N1CC(C)C(C)(CCl)C1. The maximum atomic E-state index is 11.8. The molecule has 82 valence electrons. The Morgan fingerprint density at radius 3 is 2.57 bits per heavy atom. The van der Waals surface area contributed by atoms with E-state index in [0.717, 1.165) is 13.1 Å². The van der Waals surface area contributed by atoms with Gasteiger partial charge in [-0.1, -0.05) is 27.7 Å². The topological polar surface area (TPSA) is 20.3 Å². The molecule has 2 nitrogen and oxygen atoms in total. The van der Waals surface area contributed by atoms with E-state index in [-0.39, 0.29) is 17.2 Å². The predicted octanol–water partition coefficient (Wildman–Crippen LogP) is 2.37. The van der Waals surface area contributed by atoms with E-state index in [1.54, 1.807) is 0 Å². The van der Waals surface area contributed by atoms with Gasteiger partial charge in [0.25, 0.3) is 0 Å². The lowest BCUT2D eigenvalue weighted by Crippen LogP contribution is -2.34. The molecule has 0 aliphatic carbocycles. The molecule has 2 unspecified atom stereocenters. The van der Waals surface area contributed by atoms with Gasteiger partial charge in [-0.05, 0) is 5.92 Å². The van der Waals surface area contributed by atoms with Crippen molar-refractivity contribution in [1.29, 1.82) is 0 Å². The molecule has 0 aromatic rings. The fraction of sp³-hybridized carbons (Fsp3) is 0.909. The summed E-state index contributed by atoms with van der Waals surface area (Å²) in [7, 11) is 0. The molecule has 0 N–H and O–H groups in total. The van der Waals surface area contributed by atoms with Gasteiger partial charge >= 0.3 is 0 Å². The number of likely N-dealkylation sites (tertiary alicyclic amines) is 1. The summed E-state index contributed by atoms with van der Waals surface area (Å²) in [6, 6.07) is 0. The van der Waals surface area contributed by atoms with Crippen molar-refractivity contribution in [2.24, 2.45) is 17.3 Å². The Kier molecular flexibility index (Phi) is 3.46. The number of carbonyl (C=O) groups excluding carboxylic acids is 1. The highest BCUT2D eigenvalue weighted by molar-refractivity contribution is 6.18. The van der Waals surface area contributed by atoms with Crippen LogP contribution >= 0.6 is 11.6 Å². The smallest absolute Gasteiger partial charge is 0.225 e. The molecule has 1 heterocycles. The molecule has 0 radical (unpaired) electrons. The molecule has 0 aromatic carbocycles. The number of amides is 1. The molecule has 1 aliphatic rings.